The van der Waals surface area contributed by atoms with E-state index < -0.39 is 5.54 Å². The quantitative estimate of drug-likeness (QED) is 0.869. The fourth-order valence-corrected chi connectivity index (χ4v) is 1.49. The molecule has 17 heavy (non-hydrogen) atoms. The first-order valence-electron chi connectivity index (χ1n) is 5.61. The third kappa shape index (κ3) is 3.45. The fraction of sp³-hybridized carbons (Fsp3) is 0.462. The van der Waals surface area contributed by atoms with Crippen LogP contribution in [0.2, 0.25) is 5.02 Å². The van der Waals surface area contributed by atoms with Gasteiger partial charge in [-0.3, -0.25) is 4.79 Å². The van der Waals surface area contributed by atoms with Gasteiger partial charge in [-0.15, -0.1) is 0 Å². The number of aliphatic hydroxyl groups is 1. The maximum atomic E-state index is 12.0. The SMILES string of the molecule is CC[C@@](C)(CO)NC(=O)c1ccc(Cl)c(C)c1. The molecule has 1 aromatic carbocycles. The van der Waals surface area contributed by atoms with Crippen LogP contribution in [-0.4, -0.2) is 23.2 Å². The molecule has 1 amide bonds. The van der Waals surface area contributed by atoms with Gasteiger partial charge in [-0.25, -0.2) is 0 Å². The van der Waals surface area contributed by atoms with E-state index in [4.69, 9.17) is 11.6 Å². The van der Waals surface area contributed by atoms with Crippen molar-refractivity contribution in [2.45, 2.75) is 32.7 Å². The number of carbonyl (C=O) groups excluding carboxylic acids is 1. The Kier molecular flexibility index (Phi) is 4.54. The lowest BCUT2D eigenvalue weighted by Gasteiger charge is -2.27. The van der Waals surface area contributed by atoms with Crippen LogP contribution in [-0.2, 0) is 0 Å². The molecule has 1 atom stereocenters. The molecule has 0 spiro atoms. The Morgan fingerprint density at radius 3 is 2.65 bits per heavy atom. The highest BCUT2D eigenvalue weighted by Gasteiger charge is 2.23. The summed E-state index contributed by atoms with van der Waals surface area (Å²) in [6.45, 7) is 5.50. The minimum atomic E-state index is -0.579. The summed E-state index contributed by atoms with van der Waals surface area (Å²) in [4.78, 5) is 12.0. The summed E-state index contributed by atoms with van der Waals surface area (Å²) in [7, 11) is 0. The molecule has 0 saturated heterocycles. The second kappa shape index (κ2) is 5.52. The van der Waals surface area contributed by atoms with Gasteiger partial charge in [0.2, 0.25) is 0 Å². The Bertz CT molecular complexity index is 414. The number of amides is 1. The second-order valence-corrected chi connectivity index (χ2v) is 4.90. The number of nitrogens with one attached hydrogen (secondary N) is 1. The molecule has 0 aliphatic heterocycles. The molecule has 2 N–H and O–H groups in total. The highest BCUT2D eigenvalue weighted by atomic mass is 35.5. The van der Waals surface area contributed by atoms with E-state index in [9.17, 15) is 9.90 Å². The predicted molar refractivity (Wildman–Crippen MR) is 69.4 cm³/mol. The summed E-state index contributed by atoms with van der Waals surface area (Å²) in [6, 6.07) is 5.12. The van der Waals surface area contributed by atoms with Crippen LogP contribution in [0.4, 0.5) is 0 Å². The van der Waals surface area contributed by atoms with E-state index in [0.717, 1.165) is 5.56 Å². The zero-order valence-electron chi connectivity index (χ0n) is 10.4. The van der Waals surface area contributed by atoms with Gasteiger partial charge in [0.1, 0.15) is 0 Å². The van der Waals surface area contributed by atoms with Crippen molar-refractivity contribution in [3.05, 3.63) is 34.3 Å². The Labute approximate surface area is 107 Å². The van der Waals surface area contributed by atoms with Crippen molar-refractivity contribution in [3.8, 4) is 0 Å². The van der Waals surface area contributed by atoms with Crippen LogP contribution in [0.25, 0.3) is 0 Å². The largest absolute Gasteiger partial charge is 0.394 e. The molecule has 0 aliphatic carbocycles. The minimum Gasteiger partial charge on any atom is -0.394 e. The van der Waals surface area contributed by atoms with Crippen molar-refractivity contribution < 1.29 is 9.90 Å². The molecule has 0 saturated carbocycles. The molecule has 3 nitrogen and oxygen atoms in total. The summed E-state index contributed by atoms with van der Waals surface area (Å²) in [5.74, 6) is -0.192. The molecule has 0 aromatic heterocycles. The first-order valence-corrected chi connectivity index (χ1v) is 5.99. The van der Waals surface area contributed by atoms with Crippen LogP contribution < -0.4 is 5.32 Å². The van der Waals surface area contributed by atoms with Crippen molar-refractivity contribution in [2.24, 2.45) is 0 Å². The molecule has 0 aliphatic rings. The Balaban J connectivity index is 2.86. The lowest BCUT2D eigenvalue weighted by atomic mass is 9.99. The van der Waals surface area contributed by atoms with E-state index in [0.29, 0.717) is 17.0 Å². The Morgan fingerprint density at radius 2 is 2.18 bits per heavy atom. The summed E-state index contributed by atoms with van der Waals surface area (Å²) < 4.78 is 0. The van der Waals surface area contributed by atoms with Crippen LogP contribution in [0.1, 0.15) is 36.2 Å². The predicted octanol–water partition coefficient (Wildman–Crippen LogP) is 2.54. The number of halogens is 1. The van der Waals surface area contributed by atoms with Gasteiger partial charge in [-0.05, 0) is 44.0 Å². The molecule has 94 valence electrons. The smallest absolute Gasteiger partial charge is 0.251 e. The molecule has 0 heterocycles. The van der Waals surface area contributed by atoms with E-state index in [2.05, 4.69) is 5.32 Å². The average molecular weight is 256 g/mol. The van der Waals surface area contributed by atoms with Crippen LogP contribution in [0, 0.1) is 6.92 Å². The second-order valence-electron chi connectivity index (χ2n) is 4.49. The van der Waals surface area contributed by atoms with Gasteiger partial charge >= 0.3 is 0 Å². The minimum absolute atomic E-state index is 0.0815. The molecule has 0 bridgehead atoms. The molecule has 1 aromatic rings. The standard InChI is InChI=1S/C13H18ClNO2/c1-4-13(3,8-16)15-12(17)10-5-6-11(14)9(2)7-10/h5-7,16H,4,8H2,1-3H3,(H,15,17)/t13-/m0/s1. The molecule has 0 radical (unpaired) electrons. The summed E-state index contributed by atoms with van der Waals surface area (Å²) in [5, 5.41) is 12.7. The van der Waals surface area contributed by atoms with E-state index in [-0.39, 0.29) is 12.5 Å². The monoisotopic (exact) mass is 255 g/mol. The zero-order valence-corrected chi connectivity index (χ0v) is 11.1. The zero-order chi connectivity index (χ0) is 13.1. The van der Waals surface area contributed by atoms with Crippen molar-refractivity contribution in [1.82, 2.24) is 5.32 Å². The van der Waals surface area contributed by atoms with Crippen molar-refractivity contribution in [1.29, 1.82) is 0 Å². The third-order valence-corrected chi connectivity index (χ3v) is 3.39. The topological polar surface area (TPSA) is 49.3 Å². The summed E-state index contributed by atoms with van der Waals surface area (Å²) in [6.07, 6.45) is 0.668. The molecule has 0 unspecified atom stereocenters. The van der Waals surface area contributed by atoms with Gasteiger partial charge in [0.25, 0.3) is 5.91 Å². The highest BCUT2D eigenvalue weighted by molar-refractivity contribution is 6.31. The Morgan fingerprint density at radius 1 is 1.53 bits per heavy atom. The number of aliphatic hydroxyl groups excluding tert-OH is 1. The first kappa shape index (κ1) is 14.0. The third-order valence-electron chi connectivity index (χ3n) is 2.96. The van der Waals surface area contributed by atoms with E-state index in [1.807, 2.05) is 20.8 Å². The lowest BCUT2D eigenvalue weighted by Crippen LogP contribution is -2.48. The Hall–Kier alpha value is -1.06. The molecule has 4 heteroatoms. The van der Waals surface area contributed by atoms with E-state index in [1.165, 1.54) is 0 Å². The number of hydrogen-bond acceptors (Lipinski definition) is 2. The van der Waals surface area contributed by atoms with Gasteiger partial charge in [0.05, 0.1) is 12.1 Å². The van der Waals surface area contributed by atoms with E-state index in [1.54, 1.807) is 18.2 Å². The van der Waals surface area contributed by atoms with Crippen LogP contribution >= 0.6 is 11.6 Å². The van der Waals surface area contributed by atoms with Gasteiger partial charge in [0.15, 0.2) is 0 Å². The molecular formula is C13H18ClNO2. The number of rotatable bonds is 4. The molecule has 1 rings (SSSR count). The number of aryl methyl sites for hydroxylation is 1. The summed E-state index contributed by atoms with van der Waals surface area (Å²) in [5.41, 5.74) is 0.839. The van der Waals surface area contributed by atoms with E-state index >= 15 is 0 Å². The van der Waals surface area contributed by atoms with Gasteiger partial charge in [-0.2, -0.15) is 0 Å². The fourth-order valence-electron chi connectivity index (χ4n) is 1.37. The van der Waals surface area contributed by atoms with Gasteiger partial charge in [0, 0.05) is 10.6 Å². The van der Waals surface area contributed by atoms with Crippen molar-refractivity contribution in [2.75, 3.05) is 6.61 Å². The maximum absolute atomic E-state index is 12.0. The van der Waals surface area contributed by atoms with Crippen LogP contribution in [0.5, 0.6) is 0 Å². The lowest BCUT2D eigenvalue weighted by molar-refractivity contribution is 0.0847. The maximum Gasteiger partial charge on any atom is 0.251 e. The highest BCUT2D eigenvalue weighted by Crippen LogP contribution is 2.17. The first-order chi connectivity index (χ1) is 7.91. The van der Waals surface area contributed by atoms with Crippen LogP contribution in [0.15, 0.2) is 18.2 Å². The van der Waals surface area contributed by atoms with Gasteiger partial charge in [-0.1, -0.05) is 18.5 Å². The molecular weight excluding hydrogens is 238 g/mol. The van der Waals surface area contributed by atoms with Crippen molar-refractivity contribution in [3.63, 3.8) is 0 Å². The normalized spacial score (nSPS) is 14.2. The number of hydrogen-bond donors (Lipinski definition) is 2. The molecule has 0 fully saturated rings. The van der Waals surface area contributed by atoms with Crippen LogP contribution in [0.3, 0.4) is 0 Å². The number of carbonyl (C=O) groups is 1. The van der Waals surface area contributed by atoms with Crippen molar-refractivity contribution >= 4 is 17.5 Å². The van der Waals surface area contributed by atoms with Gasteiger partial charge < -0.3 is 10.4 Å². The average Bonchev–Trinajstić information content (AvgIpc) is 2.32. The summed E-state index contributed by atoms with van der Waals surface area (Å²) >= 11 is 5.90. The number of benzene rings is 1.